The average molecular weight is 398 g/mol. The average Bonchev–Trinajstić information content (AvgIpc) is 3.36. The van der Waals surface area contributed by atoms with Crippen LogP contribution in [-0.4, -0.2) is 26.6 Å². The van der Waals surface area contributed by atoms with Gasteiger partial charge in [-0.25, -0.2) is 0 Å². The molecule has 2 atom stereocenters. The lowest BCUT2D eigenvalue weighted by atomic mass is 9.80. The summed E-state index contributed by atoms with van der Waals surface area (Å²) in [5.74, 6) is 0.400. The Hall–Kier alpha value is -2.72. The topological polar surface area (TPSA) is 30.5 Å². The van der Waals surface area contributed by atoms with Crippen LogP contribution in [0.4, 0.5) is 0 Å². The van der Waals surface area contributed by atoms with Crippen molar-refractivity contribution in [3.05, 3.63) is 108 Å². The van der Waals surface area contributed by atoms with Crippen LogP contribution in [0.3, 0.4) is 0 Å². The molecule has 0 amide bonds. The monoisotopic (exact) mass is 397 g/mol. The summed E-state index contributed by atoms with van der Waals surface area (Å²) >= 11 is 0. The van der Waals surface area contributed by atoms with E-state index in [4.69, 9.17) is 9.47 Å². The van der Waals surface area contributed by atoms with Crippen molar-refractivity contribution in [1.29, 1.82) is 0 Å². The number of fused-ring (bicyclic) bond motifs is 3. The Morgan fingerprint density at radius 2 is 1.47 bits per heavy atom. The molecule has 0 spiro atoms. The third kappa shape index (κ3) is 3.20. The van der Waals surface area contributed by atoms with E-state index in [1.165, 1.54) is 27.8 Å². The van der Waals surface area contributed by atoms with E-state index in [1.54, 1.807) is 7.11 Å². The molecule has 3 aromatic carbocycles. The number of benzene rings is 3. The maximum atomic E-state index is 5.61. The van der Waals surface area contributed by atoms with Crippen LogP contribution in [0.1, 0.15) is 23.1 Å². The lowest BCUT2D eigenvalue weighted by molar-refractivity contribution is -0.0390. The predicted octanol–water partition coefficient (Wildman–Crippen LogP) is 5.11. The Balaban J connectivity index is 1.56. The number of methoxy groups -OCH3 is 1. The van der Waals surface area contributed by atoms with E-state index in [0.29, 0.717) is 19.3 Å². The Bertz CT molecular complexity index is 998. The molecule has 1 N–H and O–H groups in total. The zero-order valence-corrected chi connectivity index (χ0v) is 17.3. The van der Waals surface area contributed by atoms with Gasteiger partial charge in [0.2, 0.25) is 0 Å². The molecule has 2 aliphatic carbocycles. The van der Waals surface area contributed by atoms with Crippen molar-refractivity contribution < 1.29 is 9.47 Å². The third-order valence-electron chi connectivity index (χ3n) is 6.27. The molecule has 30 heavy (non-hydrogen) atoms. The predicted molar refractivity (Wildman–Crippen MR) is 120 cm³/mol. The van der Waals surface area contributed by atoms with E-state index in [0.717, 1.165) is 6.42 Å². The molecule has 0 bridgehead atoms. The van der Waals surface area contributed by atoms with Gasteiger partial charge in [0.15, 0.2) is 0 Å². The highest BCUT2D eigenvalue weighted by atomic mass is 16.7. The summed E-state index contributed by atoms with van der Waals surface area (Å²) in [7, 11) is 1.66. The first-order chi connectivity index (χ1) is 14.8. The SMILES string of the molecule is COCOC[C@@H]1C=C[C@H](NC2(c3ccccc3)c3ccccc3-c3ccccc32)C1. The fraction of sp³-hybridized carbons (Fsp3) is 0.259. The van der Waals surface area contributed by atoms with Crippen molar-refractivity contribution in [1.82, 2.24) is 5.32 Å². The number of hydrogen-bond donors (Lipinski definition) is 1. The van der Waals surface area contributed by atoms with Gasteiger partial charge in [-0.2, -0.15) is 0 Å². The highest BCUT2D eigenvalue weighted by Gasteiger charge is 2.45. The molecule has 3 heteroatoms. The van der Waals surface area contributed by atoms with Crippen LogP contribution in [0, 0.1) is 5.92 Å². The van der Waals surface area contributed by atoms with E-state index in [1.807, 2.05) is 0 Å². The largest absolute Gasteiger partial charge is 0.359 e. The molecule has 0 fully saturated rings. The number of nitrogens with one attached hydrogen (secondary N) is 1. The molecule has 2 aliphatic rings. The summed E-state index contributed by atoms with van der Waals surface area (Å²) in [5, 5.41) is 4.07. The summed E-state index contributed by atoms with van der Waals surface area (Å²) in [6.07, 6.45) is 5.59. The number of rotatable bonds is 7. The van der Waals surface area contributed by atoms with Gasteiger partial charge >= 0.3 is 0 Å². The molecular formula is C27H27NO2. The van der Waals surface area contributed by atoms with E-state index in [9.17, 15) is 0 Å². The smallest absolute Gasteiger partial charge is 0.146 e. The molecule has 0 aliphatic heterocycles. The molecule has 0 saturated heterocycles. The summed E-state index contributed by atoms with van der Waals surface area (Å²) < 4.78 is 10.6. The lowest BCUT2D eigenvalue weighted by Crippen LogP contribution is -2.47. The first-order valence-corrected chi connectivity index (χ1v) is 10.6. The third-order valence-corrected chi connectivity index (χ3v) is 6.27. The zero-order valence-electron chi connectivity index (χ0n) is 17.3. The molecular weight excluding hydrogens is 370 g/mol. The summed E-state index contributed by atoms with van der Waals surface area (Å²) in [6, 6.07) is 28.7. The maximum Gasteiger partial charge on any atom is 0.146 e. The summed E-state index contributed by atoms with van der Waals surface area (Å²) in [6.45, 7) is 1.03. The summed E-state index contributed by atoms with van der Waals surface area (Å²) in [4.78, 5) is 0. The fourth-order valence-electron chi connectivity index (χ4n) is 5.04. The van der Waals surface area contributed by atoms with Gasteiger partial charge in [0.05, 0.1) is 12.1 Å². The minimum atomic E-state index is -0.369. The van der Waals surface area contributed by atoms with Crippen LogP contribution in [0.5, 0.6) is 0 Å². The van der Waals surface area contributed by atoms with Gasteiger partial charge in [-0.15, -0.1) is 0 Å². The molecule has 0 heterocycles. The van der Waals surface area contributed by atoms with Crippen molar-refractivity contribution in [2.75, 3.05) is 20.5 Å². The van der Waals surface area contributed by atoms with Crippen LogP contribution in [0.2, 0.25) is 0 Å². The Kier molecular flexibility index (Phi) is 5.26. The first-order valence-electron chi connectivity index (χ1n) is 10.6. The Labute approximate surface area is 178 Å². The molecule has 5 rings (SSSR count). The van der Waals surface area contributed by atoms with E-state index >= 15 is 0 Å². The second-order valence-corrected chi connectivity index (χ2v) is 8.12. The minimum Gasteiger partial charge on any atom is -0.359 e. The molecule has 0 aromatic heterocycles. The highest BCUT2D eigenvalue weighted by Crippen LogP contribution is 2.51. The zero-order chi connectivity index (χ0) is 20.4. The maximum absolute atomic E-state index is 5.61. The van der Waals surface area contributed by atoms with Crippen molar-refractivity contribution in [2.24, 2.45) is 5.92 Å². The minimum absolute atomic E-state index is 0.264. The first kappa shape index (κ1) is 19.3. The molecule has 0 unspecified atom stereocenters. The van der Waals surface area contributed by atoms with Crippen LogP contribution in [0.25, 0.3) is 11.1 Å². The normalized spacial score (nSPS) is 20.8. The van der Waals surface area contributed by atoms with E-state index in [-0.39, 0.29) is 11.6 Å². The van der Waals surface area contributed by atoms with Crippen molar-refractivity contribution in [3.8, 4) is 11.1 Å². The quantitative estimate of drug-likeness (QED) is 0.341. The Morgan fingerprint density at radius 1 is 0.833 bits per heavy atom. The van der Waals surface area contributed by atoms with Crippen LogP contribution in [-0.2, 0) is 15.0 Å². The van der Waals surface area contributed by atoms with E-state index in [2.05, 4.69) is 96.3 Å². The van der Waals surface area contributed by atoms with Gasteiger partial charge in [0.25, 0.3) is 0 Å². The molecule has 3 aromatic rings. The van der Waals surface area contributed by atoms with Crippen molar-refractivity contribution >= 4 is 0 Å². The molecule has 0 radical (unpaired) electrons. The number of hydrogen-bond acceptors (Lipinski definition) is 3. The van der Waals surface area contributed by atoms with Gasteiger partial charge in [0.1, 0.15) is 6.79 Å². The molecule has 152 valence electrons. The highest BCUT2D eigenvalue weighted by molar-refractivity contribution is 5.83. The Morgan fingerprint density at radius 3 is 2.13 bits per heavy atom. The molecule has 0 saturated carbocycles. The van der Waals surface area contributed by atoms with Crippen LogP contribution in [0.15, 0.2) is 91.0 Å². The molecule has 3 nitrogen and oxygen atoms in total. The van der Waals surface area contributed by atoms with Crippen LogP contribution >= 0.6 is 0 Å². The lowest BCUT2D eigenvalue weighted by Gasteiger charge is -2.36. The van der Waals surface area contributed by atoms with E-state index < -0.39 is 0 Å². The fourth-order valence-corrected chi connectivity index (χ4v) is 5.04. The van der Waals surface area contributed by atoms with Gasteiger partial charge in [-0.1, -0.05) is 91.0 Å². The summed E-state index contributed by atoms with van der Waals surface area (Å²) in [5.41, 5.74) is 6.17. The van der Waals surface area contributed by atoms with Gasteiger partial charge in [-0.05, 0) is 34.2 Å². The van der Waals surface area contributed by atoms with Crippen LogP contribution < -0.4 is 5.32 Å². The number of ether oxygens (including phenoxy) is 2. The van der Waals surface area contributed by atoms with Crippen molar-refractivity contribution in [3.63, 3.8) is 0 Å². The van der Waals surface area contributed by atoms with Crippen molar-refractivity contribution in [2.45, 2.75) is 18.0 Å². The second-order valence-electron chi connectivity index (χ2n) is 8.12. The van der Waals surface area contributed by atoms with Gasteiger partial charge in [-0.3, -0.25) is 5.32 Å². The van der Waals surface area contributed by atoms with Gasteiger partial charge < -0.3 is 9.47 Å². The van der Waals surface area contributed by atoms with Gasteiger partial charge in [0, 0.05) is 19.1 Å². The standard InChI is InChI=1S/C27H27NO2/c1-29-19-30-18-20-15-16-22(17-20)28-27(21-9-3-2-4-10-21)25-13-7-5-11-23(25)24-12-6-8-14-26(24)27/h2-16,20,22,28H,17-19H2,1H3/t20-,22+/m1/s1. The second kappa shape index (κ2) is 8.19.